The van der Waals surface area contributed by atoms with Crippen LogP contribution in [0.5, 0.6) is 0 Å². The van der Waals surface area contributed by atoms with Crippen LogP contribution in [0.15, 0.2) is 0 Å². The van der Waals surface area contributed by atoms with Crippen molar-refractivity contribution in [1.82, 2.24) is 0 Å². The molecule has 0 aromatic carbocycles. The van der Waals surface area contributed by atoms with Crippen molar-refractivity contribution in [3.63, 3.8) is 0 Å². The molecule has 0 spiro atoms. The first kappa shape index (κ1) is 11.3. The molecule has 4 bridgehead atoms. The first-order valence-electron chi connectivity index (χ1n) is 4.75. The van der Waals surface area contributed by atoms with Gasteiger partial charge >= 0.3 is 23.1 Å². The Morgan fingerprint density at radius 2 is 1.17 bits per heavy atom. The van der Waals surface area contributed by atoms with E-state index in [9.17, 15) is 0 Å². The number of halogens is 1. The Morgan fingerprint density at radius 3 is 1.50 bits per heavy atom. The Kier molecular flexibility index (Phi) is 3.95. The molecule has 0 radical (unpaired) electrons. The summed E-state index contributed by atoms with van der Waals surface area (Å²) in [6.45, 7) is 0. The van der Waals surface area contributed by atoms with Gasteiger partial charge in [-0.1, -0.05) is 25.7 Å². The summed E-state index contributed by atoms with van der Waals surface area (Å²) in [5.41, 5.74) is 0. The van der Waals surface area contributed by atoms with E-state index in [1.165, 1.54) is 0 Å². The minimum absolute atomic E-state index is 0. The molecule has 4 aliphatic rings. The molecule has 0 atom stereocenters. The van der Waals surface area contributed by atoms with Gasteiger partial charge in [-0.2, -0.15) is 11.8 Å². The molecule has 4 fully saturated rings. The number of hydrogen-bond donors (Lipinski definition) is 0. The zero-order valence-electron chi connectivity index (χ0n) is 7.51. The van der Waals surface area contributed by atoms with Crippen LogP contribution in [0.25, 0.3) is 0 Å². The second-order valence-corrected chi connectivity index (χ2v) is 4.62. The smallest absolute Gasteiger partial charge is 1.00 e. The minimum atomic E-state index is 0. The van der Waals surface area contributed by atoms with Crippen molar-refractivity contribution in [2.45, 2.75) is 32.1 Å². The molecule has 12 heavy (non-hydrogen) atoms. The Balaban J connectivity index is 0.000000360. The van der Waals surface area contributed by atoms with Crippen LogP contribution >= 0.6 is 0 Å². The largest absolute Gasteiger partial charge is 2.00 e. The normalized spacial score (nSPS) is 48.0. The Morgan fingerprint density at radius 1 is 0.750 bits per heavy atom. The maximum Gasteiger partial charge on any atom is 2.00 e. The number of hydrogen-bond acceptors (Lipinski definition) is 0. The molecule has 4 aliphatic carbocycles. The van der Waals surface area contributed by atoms with E-state index in [0.29, 0.717) is 0 Å². The molecular formula is C10H15BrMg. The Labute approximate surface area is 102 Å². The van der Waals surface area contributed by atoms with E-state index in [4.69, 9.17) is 0 Å². The van der Waals surface area contributed by atoms with Crippen LogP contribution in [0.3, 0.4) is 0 Å². The molecular weight excluding hydrogens is 224 g/mol. The minimum Gasteiger partial charge on any atom is -1.00 e. The quantitative estimate of drug-likeness (QED) is 0.386. The van der Waals surface area contributed by atoms with Crippen molar-refractivity contribution in [3.05, 3.63) is 6.42 Å². The fourth-order valence-electron chi connectivity index (χ4n) is 3.65. The van der Waals surface area contributed by atoms with E-state index in [-0.39, 0.29) is 40.0 Å². The van der Waals surface area contributed by atoms with Crippen LogP contribution < -0.4 is 17.0 Å². The molecule has 0 heterocycles. The molecule has 0 aliphatic heterocycles. The molecule has 0 saturated heterocycles. The summed E-state index contributed by atoms with van der Waals surface area (Å²) in [5.74, 6) is 4.40. The maximum absolute atomic E-state index is 2.66. The molecule has 4 rings (SSSR count). The summed E-state index contributed by atoms with van der Waals surface area (Å²) in [6.07, 6.45) is 10.4. The van der Waals surface area contributed by atoms with E-state index in [1.54, 1.807) is 32.1 Å². The summed E-state index contributed by atoms with van der Waals surface area (Å²) in [6, 6.07) is 0. The van der Waals surface area contributed by atoms with Gasteiger partial charge in [-0.15, -0.1) is 0 Å². The van der Waals surface area contributed by atoms with Crippen molar-refractivity contribution >= 4 is 23.1 Å². The van der Waals surface area contributed by atoms with E-state index in [2.05, 4.69) is 6.42 Å². The van der Waals surface area contributed by atoms with Crippen LogP contribution in [0.1, 0.15) is 32.1 Å². The number of rotatable bonds is 0. The van der Waals surface area contributed by atoms with Gasteiger partial charge in [0.1, 0.15) is 0 Å². The first-order valence-corrected chi connectivity index (χ1v) is 4.75. The molecule has 4 saturated carbocycles. The third kappa shape index (κ3) is 1.85. The van der Waals surface area contributed by atoms with Crippen LogP contribution in [0, 0.1) is 30.1 Å². The first-order chi connectivity index (χ1) is 4.90. The van der Waals surface area contributed by atoms with Crippen molar-refractivity contribution in [1.29, 1.82) is 0 Å². The zero-order chi connectivity index (χ0) is 6.55. The molecule has 0 aromatic heterocycles. The van der Waals surface area contributed by atoms with Gasteiger partial charge in [0.15, 0.2) is 0 Å². The summed E-state index contributed by atoms with van der Waals surface area (Å²) in [4.78, 5) is 0. The molecule has 0 aromatic rings. The Bertz CT molecular complexity index is 101. The molecule has 64 valence electrons. The van der Waals surface area contributed by atoms with Crippen molar-refractivity contribution in [2.24, 2.45) is 23.7 Å². The van der Waals surface area contributed by atoms with Gasteiger partial charge in [0.25, 0.3) is 0 Å². The molecule has 0 nitrogen and oxygen atoms in total. The van der Waals surface area contributed by atoms with Crippen LogP contribution in [0.4, 0.5) is 0 Å². The van der Waals surface area contributed by atoms with Crippen LogP contribution in [-0.2, 0) is 0 Å². The van der Waals surface area contributed by atoms with Crippen molar-refractivity contribution < 1.29 is 17.0 Å². The molecule has 0 amide bonds. The van der Waals surface area contributed by atoms with E-state index in [0.717, 1.165) is 23.7 Å². The Hall–Kier alpha value is 1.25. The van der Waals surface area contributed by atoms with Crippen molar-refractivity contribution in [2.75, 3.05) is 0 Å². The van der Waals surface area contributed by atoms with Crippen LogP contribution in [0.2, 0.25) is 0 Å². The standard InChI is InChI=1S/C10H15.BrH.Mg/c1-7-2-9-4-8(1)5-10(3-7)6-9;;/h1,7-10H,2-6H2;1H;/q-1;;+2/p-1. The predicted octanol–water partition coefficient (Wildman–Crippen LogP) is -0.730. The van der Waals surface area contributed by atoms with Crippen molar-refractivity contribution in [3.8, 4) is 0 Å². The van der Waals surface area contributed by atoms with E-state index in [1.807, 2.05) is 0 Å². The van der Waals surface area contributed by atoms with E-state index >= 15 is 0 Å². The monoisotopic (exact) mass is 238 g/mol. The van der Waals surface area contributed by atoms with Gasteiger partial charge in [0, 0.05) is 0 Å². The average Bonchev–Trinajstić information content (AvgIpc) is 1.82. The zero-order valence-corrected chi connectivity index (χ0v) is 10.5. The summed E-state index contributed by atoms with van der Waals surface area (Å²) in [5, 5.41) is 0. The van der Waals surface area contributed by atoms with Gasteiger partial charge in [0.2, 0.25) is 0 Å². The summed E-state index contributed by atoms with van der Waals surface area (Å²) in [7, 11) is 0. The third-order valence-corrected chi connectivity index (χ3v) is 3.76. The van der Waals surface area contributed by atoms with Gasteiger partial charge in [0.05, 0.1) is 0 Å². The average molecular weight is 239 g/mol. The van der Waals surface area contributed by atoms with Gasteiger partial charge in [-0.3, -0.25) is 0 Å². The summed E-state index contributed by atoms with van der Waals surface area (Å²) >= 11 is 0. The second-order valence-electron chi connectivity index (χ2n) is 4.62. The van der Waals surface area contributed by atoms with E-state index < -0.39 is 0 Å². The van der Waals surface area contributed by atoms with Gasteiger partial charge in [-0.05, 0) is 18.3 Å². The molecule has 2 heteroatoms. The summed E-state index contributed by atoms with van der Waals surface area (Å²) < 4.78 is 0. The molecule has 0 N–H and O–H groups in total. The SMILES string of the molecule is [Br-].[CH-]1C2CC3CC1CC(C2)C3.[Mg+2]. The second kappa shape index (κ2) is 4.18. The fraction of sp³-hybridized carbons (Fsp3) is 0.900. The predicted molar refractivity (Wildman–Crippen MR) is 47.1 cm³/mol. The van der Waals surface area contributed by atoms with Gasteiger partial charge in [-0.25, -0.2) is 0 Å². The third-order valence-electron chi connectivity index (χ3n) is 3.76. The molecule has 0 unspecified atom stereocenters. The van der Waals surface area contributed by atoms with Gasteiger partial charge < -0.3 is 23.4 Å². The fourth-order valence-corrected chi connectivity index (χ4v) is 3.65. The van der Waals surface area contributed by atoms with Crippen LogP contribution in [-0.4, -0.2) is 23.1 Å². The maximum atomic E-state index is 2.66. The topological polar surface area (TPSA) is 0 Å².